The number of hydrogen-bond acceptors (Lipinski definition) is 5. The van der Waals surface area contributed by atoms with E-state index in [9.17, 15) is 9.90 Å². The topological polar surface area (TPSA) is 84.4 Å². The van der Waals surface area contributed by atoms with Crippen LogP contribution in [0.1, 0.15) is 13.8 Å². The van der Waals surface area contributed by atoms with E-state index < -0.39 is 6.10 Å². The summed E-state index contributed by atoms with van der Waals surface area (Å²) in [4.78, 5) is 15.8. The molecule has 98 valence electrons. The first-order chi connectivity index (χ1) is 8.58. The van der Waals surface area contributed by atoms with E-state index in [0.29, 0.717) is 18.2 Å². The van der Waals surface area contributed by atoms with E-state index >= 15 is 0 Å². The number of nitrogens with zero attached hydrogens (tertiary/aromatic N) is 4. The maximum atomic E-state index is 11.9. The molecule has 0 amide bonds. The Morgan fingerprint density at radius 3 is 2.94 bits per heavy atom. The van der Waals surface area contributed by atoms with Gasteiger partial charge < -0.3 is 10.4 Å². The minimum Gasteiger partial charge on any atom is -0.390 e. The number of aliphatic hydroxyl groups excluding tert-OH is 1. The van der Waals surface area contributed by atoms with Crippen LogP contribution in [0.4, 0.5) is 0 Å². The van der Waals surface area contributed by atoms with Gasteiger partial charge in [-0.2, -0.15) is 0 Å². The second-order valence-corrected chi connectivity index (χ2v) is 4.49. The molecule has 0 aliphatic carbocycles. The van der Waals surface area contributed by atoms with Crippen molar-refractivity contribution in [3.63, 3.8) is 0 Å². The molecule has 2 heterocycles. The lowest BCUT2D eigenvalue weighted by Crippen LogP contribution is -2.36. The van der Waals surface area contributed by atoms with Gasteiger partial charge in [-0.05, 0) is 0 Å². The highest BCUT2D eigenvalue weighted by molar-refractivity contribution is 5.31. The quantitative estimate of drug-likeness (QED) is 0.730. The number of rotatable bonds is 5. The Labute approximate surface area is 104 Å². The van der Waals surface area contributed by atoms with Crippen molar-refractivity contribution < 1.29 is 5.11 Å². The first kappa shape index (κ1) is 12.7. The van der Waals surface area contributed by atoms with Crippen LogP contribution >= 0.6 is 0 Å². The molecule has 7 nitrogen and oxygen atoms in total. The largest absolute Gasteiger partial charge is 0.390 e. The van der Waals surface area contributed by atoms with Crippen molar-refractivity contribution in [3.05, 3.63) is 29.1 Å². The number of hydrogen-bond donors (Lipinski definition) is 2. The van der Waals surface area contributed by atoms with Gasteiger partial charge in [-0.15, -0.1) is 5.10 Å². The predicted octanol–water partition coefficient (Wildman–Crippen LogP) is -0.750. The number of aromatic nitrogens is 4. The van der Waals surface area contributed by atoms with Crippen LogP contribution in [0.25, 0.3) is 5.65 Å². The molecule has 0 spiro atoms. The highest BCUT2D eigenvalue weighted by atomic mass is 16.3. The van der Waals surface area contributed by atoms with Gasteiger partial charge >= 0.3 is 5.69 Å². The minimum absolute atomic E-state index is 0.167. The molecule has 18 heavy (non-hydrogen) atoms. The Hall–Kier alpha value is -1.73. The zero-order valence-corrected chi connectivity index (χ0v) is 10.4. The third-order valence-corrected chi connectivity index (χ3v) is 2.53. The lowest BCUT2D eigenvalue weighted by atomic mass is 10.3. The van der Waals surface area contributed by atoms with E-state index in [0.717, 1.165) is 0 Å². The normalized spacial score (nSPS) is 13.3. The van der Waals surface area contributed by atoms with E-state index in [2.05, 4.69) is 15.4 Å². The summed E-state index contributed by atoms with van der Waals surface area (Å²) in [5.74, 6) is 0. The van der Waals surface area contributed by atoms with Crippen molar-refractivity contribution in [2.45, 2.75) is 32.5 Å². The third kappa shape index (κ3) is 2.74. The monoisotopic (exact) mass is 251 g/mol. The highest BCUT2D eigenvalue weighted by Gasteiger charge is 2.11. The summed E-state index contributed by atoms with van der Waals surface area (Å²) in [7, 11) is 0. The molecule has 2 rings (SSSR count). The molecule has 2 N–H and O–H groups in total. The van der Waals surface area contributed by atoms with Gasteiger partial charge in [-0.3, -0.25) is 4.98 Å². The smallest absolute Gasteiger partial charge is 0.350 e. The van der Waals surface area contributed by atoms with E-state index in [1.54, 1.807) is 6.20 Å². The van der Waals surface area contributed by atoms with Crippen molar-refractivity contribution in [2.75, 3.05) is 6.54 Å². The molecule has 0 aliphatic rings. The molecular weight excluding hydrogens is 234 g/mol. The maximum Gasteiger partial charge on any atom is 0.350 e. The number of aliphatic hydroxyl groups is 1. The van der Waals surface area contributed by atoms with Crippen molar-refractivity contribution in [2.24, 2.45) is 0 Å². The van der Waals surface area contributed by atoms with E-state index in [-0.39, 0.29) is 12.2 Å². The SMILES string of the molecule is CC(C)NCC(O)Cn1nc2cnccn2c1=O. The van der Waals surface area contributed by atoms with Crippen molar-refractivity contribution >= 4 is 5.65 Å². The van der Waals surface area contributed by atoms with E-state index in [1.807, 2.05) is 13.8 Å². The average molecular weight is 251 g/mol. The van der Waals surface area contributed by atoms with Gasteiger partial charge in [0.1, 0.15) is 0 Å². The Kier molecular flexibility index (Phi) is 3.73. The molecule has 7 heteroatoms. The summed E-state index contributed by atoms with van der Waals surface area (Å²) in [6, 6.07) is 0.293. The second kappa shape index (κ2) is 5.28. The molecule has 0 saturated heterocycles. The fourth-order valence-corrected chi connectivity index (χ4v) is 1.63. The summed E-state index contributed by atoms with van der Waals surface area (Å²) < 4.78 is 2.65. The molecule has 0 bridgehead atoms. The van der Waals surface area contributed by atoms with Crippen molar-refractivity contribution in [1.82, 2.24) is 24.5 Å². The van der Waals surface area contributed by atoms with E-state index in [1.165, 1.54) is 21.5 Å². The first-order valence-electron chi connectivity index (χ1n) is 5.88. The van der Waals surface area contributed by atoms with Crippen LogP contribution in [0, 0.1) is 0 Å². The van der Waals surface area contributed by atoms with Crippen LogP contribution in [0.3, 0.4) is 0 Å². The van der Waals surface area contributed by atoms with Crippen LogP contribution in [-0.4, -0.2) is 43.0 Å². The van der Waals surface area contributed by atoms with Gasteiger partial charge in [0.2, 0.25) is 0 Å². The summed E-state index contributed by atoms with van der Waals surface area (Å²) in [5.41, 5.74) is 0.211. The van der Waals surface area contributed by atoms with Crippen molar-refractivity contribution in [1.29, 1.82) is 0 Å². The van der Waals surface area contributed by atoms with Gasteiger partial charge in [-0.25, -0.2) is 13.9 Å². The molecule has 1 atom stereocenters. The second-order valence-electron chi connectivity index (χ2n) is 4.49. The standard InChI is InChI=1S/C11H17N5O2/c1-8(2)13-5-9(17)7-16-11(18)15-4-3-12-6-10(15)14-16/h3-4,6,8-9,13,17H,5,7H2,1-2H3. The fraction of sp³-hybridized carbons (Fsp3) is 0.545. The van der Waals surface area contributed by atoms with Crippen LogP contribution in [0.5, 0.6) is 0 Å². The lowest BCUT2D eigenvalue weighted by Gasteiger charge is -2.13. The molecule has 2 aromatic heterocycles. The summed E-state index contributed by atoms with van der Waals surface area (Å²) in [6.45, 7) is 4.58. The fourth-order valence-electron chi connectivity index (χ4n) is 1.63. The van der Waals surface area contributed by atoms with Gasteiger partial charge in [0.25, 0.3) is 0 Å². The van der Waals surface area contributed by atoms with Crippen molar-refractivity contribution in [3.8, 4) is 0 Å². The van der Waals surface area contributed by atoms with Gasteiger partial charge in [0, 0.05) is 25.0 Å². The maximum absolute atomic E-state index is 11.9. The van der Waals surface area contributed by atoms with Crippen LogP contribution in [0.15, 0.2) is 23.4 Å². The van der Waals surface area contributed by atoms with Crippen LogP contribution in [0.2, 0.25) is 0 Å². The zero-order chi connectivity index (χ0) is 13.1. The molecule has 0 saturated carbocycles. The molecule has 2 aromatic rings. The van der Waals surface area contributed by atoms with Gasteiger partial charge in [0.05, 0.1) is 18.8 Å². The predicted molar refractivity (Wildman–Crippen MR) is 66.4 cm³/mol. The highest BCUT2D eigenvalue weighted by Crippen LogP contribution is 1.94. The number of fused-ring (bicyclic) bond motifs is 1. The molecule has 1 unspecified atom stereocenters. The Balaban J connectivity index is 2.12. The van der Waals surface area contributed by atoms with Crippen LogP contribution in [-0.2, 0) is 6.54 Å². The zero-order valence-electron chi connectivity index (χ0n) is 10.4. The average Bonchev–Trinajstić information content (AvgIpc) is 2.65. The Morgan fingerprint density at radius 1 is 1.50 bits per heavy atom. The van der Waals surface area contributed by atoms with Crippen LogP contribution < -0.4 is 11.0 Å². The molecule has 0 aromatic carbocycles. The summed E-state index contributed by atoms with van der Waals surface area (Å²) >= 11 is 0. The summed E-state index contributed by atoms with van der Waals surface area (Å²) in [5, 5.41) is 17.0. The Morgan fingerprint density at radius 2 is 2.28 bits per heavy atom. The minimum atomic E-state index is -0.650. The molecule has 0 fully saturated rings. The third-order valence-electron chi connectivity index (χ3n) is 2.53. The summed E-state index contributed by atoms with van der Waals surface area (Å²) in [6.07, 6.45) is 3.94. The number of nitrogens with one attached hydrogen (secondary N) is 1. The lowest BCUT2D eigenvalue weighted by molar-refractivity contribution is 0.143. The first-order valence-corrected chi connectivity index (χ1v) is 5.88. The molecule has 0 aliphatic heterocycles. The van der Waals surface area contributed by atoms with Gasteiger partial charge in [-0.1, -0.05) is 13.8 Å². The van der Waals surface area contributed by atoms with E-state index in [4.69, 9.17) is 0 Å². The molecular formula is C11H17N5O2. The molecule has 0 radical (unpaired) electrons. The van der Waals surface area contributed by atoms with Gasteiger partial charge in [0.15, 0.2) is 5.65 Å². The Bertz CT molecular complexity index is 574.